The van der Waals surface area contributed by atoms with Crippen LogP contribution in [0.25, 0.3) is 0 Å². The van der Waals surface area contributed by atoms with Crippen LogP contribution in [0.4, 0.5) is 5.69 Å². The second kappa shape index (κ2) is 7.06. The number of halogens is 1. The van der Waals surface area contributed by atoms with Crippen molar-refractivity contribution in [3.63, 3.8) is 0 Å². The van der Waals surface area contributed by atoms with Crippen LogP contribution in [-0.2, 0) is 6.54 Å². The van der Waals surface area contributed by atoms with Gasteiger partial charge >= 0.3 is 0 Å². The van der Waals surface area contributed by atoms with E-state index in [9.17, 15) is 10.1 Å². The molecule has 0 bridgehead atoms. The molecule has 1 N–H and O–H groups in total. The number of hydrogen-bond donors (Lipinski definition) is 1. The summed E-state index contributed by atoms with van der Waals surface area (Å²) < 4.78 is 0.548. The van der Waals surface area contributed by atoms with E-state index in [-0.39, 0.29) is 10.6 Å². The lowest BCUT2D eigenvalue weighted by molar-refractivity contribution is -0.385. The van der Waals surface area contributed by atoms with Gasteiger partial charge in [-0.2, -0.15) is 0 Å². The number of benzene rings is 1. The van der Waals surface area contributed by atoms with E-state index < -0.39 is 0 Å². The molecule has 6 heteroatoms. The normalized spacial score (nSPS) is 23.8. The Bertz CT molecular complexity index is 538. The summed E-state index contributed by atoms with van der Waals surface area (Å²) in [7, 11) is 0. The van der Waals surface area contributed by atoms with E-state index in [0.29, 0.717) is 4.47 Å². The van der Waals surface area contributed by atoms with Crippen molar-refractivity contribution in [2.45, 2.75) is 38.3 Å². The third-order valence-corrected chi connectivity index (χ3v) is 5.58. The monoisotopic (exact) mass is 367 g/mol. The molecule has 2 aliphatic rings. The molecule has 2 aliphatic heterocycles. The molecule has 0 aromatic heterocycles. The highest BCUT2D eigenvalue weighted by Gasteiger charge is 2.28. The van der Waals surface area contributed by atoms with Crippen molar-refractivity contribution in [3.8, 4) is 0 Å². The van der Waals surface area contributed by atoms with Crippen LogP contribution in [0, 0.1) is 16.0 Å². The highest BCUT2D eigenvalue weighted by Crippen LogP contribution is 2.29. The van der Waals surface area contributed by atoms with Gasteiger partial charge < -0.3 is 5.32 Å². The minimum atomic E-state index is -0.328. The summed E-state index contributed by atoms with van der Waals surface area (Å²) >= 11 is 3.24. The Morgan fingerprint density at radius 2 is 2.09 bits per heavy atom. The van der Waals surface area contributed by atoms with Gasteiger partial charge in [-0.15, -0.1) is 0 Å². The molecule has 2 heterocycles. The quantitative estimate of drug-likeness (QED) is 0.654. The summed E-state index contributed by atoms with van der Waals surface area (Å²) in [6.45, 7) is 4.16. The van der Waals surface area contributed by atoms with E-state index >= 15 is 0 Å². The molecule has 1 unspecified atom stereocenters. The summed E-state index contributed by atoms with van der Waals surface area (Å²) in [4.78, 5) is 13.1. The highest BCUT2D eigenvalue weighted by atomic mass is 79.9. The minimum absolute atomic E-state index is 0.155. The van der Waals surface area contributed by atoms with Crippen LogP contribution >= 0.6 is 15.9 Å². The van der Waals surface area contributed by atoms with E-state index in [1.807, 2.05) is 6.07 Å². The number of likely N-dealkylation sites (tertiary alicyclic amines) is 1. The molecule has 0 radical (unpaired) electrons. The summed E-state index contributed by atoms with van der Waals surface area (Å²) in [6, 6.07) is 6.16. The van der Waals surface area contributed by atoms with Crippen LogP contribution in [0.15, 0.2) is 22.7 Å². The van der Waals surface area contributed by atoms with Gasteiger partial charge in [-0.3, -0.25) is 15.0 Å². The molecule has 120 valence electrons. The minimum Gasteiger partial charge on any atom is -0.314 e. The van der Waals surface area contributed by atoms with E-state index in [0.717, 1.165) is 37.2 Å². The Kier molecular flexibility index (Phi) is 5.10. The largest absolute Gasteiger partial charge is 0.314 e. The molecule has 1 aromatic rings. The third-order valence-electron chi connectivity index (χ3n) is 4.91. The van der Waals surface area contributed by atoms with E-state index in [2.05, 4.69) is 26.1 Å². The van der Waals surface area contributed by atoms with Crippen molar-refractivity contribution in [2.75, 3.05) is 19.6 Å². The van der Waals surface area contributed by atoms with Crippen LogP contribution < -0.4 is 5.32 Å². The van der Waals surface area contributed by atoms with E-state index in [4.69, 9.17) is 0 Å². The molecule has 0 aliphatic carbocycles. The zero-order chi connectivity index (χ0) is 15.5. The van der Waals surface area contributed by atoms with Crippen molar-refractivity contribution in [2.24, 2.45) is 5.92 Å². The number of rotatable bonds is 4. The van der Waals surface area contributed by atoms with Crippen LogP contribution in [0.5, 0.6) is 0 Å². The molecule has 2 saturated heterocycles. The lowest BCUT2D eigenvalue weighted by Gasteiger charge is -2.34. The molecular formula is C16H22BrN3O2. The Balaban J connectivity index is 1.56. The molecular weight excluding hydrogens is 346 g/mol. The van der Waals surface area contributed by atoms with Crippen molar-refractivity contribution < 1.29 is 4.92 Å². The van der Waals surface area contributed by atoms with Gasteiger partial charge in [0.05, 0.1) is 9.40 Å². The van der Waals surface area contributed by atoms with Crippen molar-refractivity contribution in [1.29, 1.82) is 0 Å². The van der Waals surface area contributed by atoms with E-state index in [1.54, 1.807) is 12.1 Å². The average molecular weight is 368 g/mol. The summed E-state index contributed by atoms with van der Waals surface area (Å²) in [5.74, 6) is 0.804. The lowest BCUT2D eigenvalue weighted by Crippen LogP contribution is -2.40. The molecule has 22 heavy (non-hydrogen) atoms. The first-order valence-corrected chi connectivity index (χ1v) is 8.81. The molecule has 0 spiro atoms. The second-order valence-corrected chi connectivity index (χ2v) is 7.21. The average Bonchev–Trinajstić information content (AvgIpc) is 3.04. The fraction of sp³-hybridized carbons (Fsp3) is 0.625. The van der Waals surface area contributed by atoms with Crippen LogP contribution in [0.3, 0.4) is 0 Å². The van der Waals surface area contributed by atoms with Gasteiger partial charge in [0.15, 0.2) is 0 Å². The Morgan fingerprint density at radius 3 is 2.73 bits per heavy atom. The van der Waals surface area contributed by atoms with Crippen molar-refractivity contribution in [3.05, 3.63) is 38.3 Å². The van der Waals surface area contributed by atoms with Gasteiger partial charge in [0.25, 0.3) is 5.69 Å². The van der Waals surface area contributed by atoms with Crippen molar-refractivity contribution >= 4 is 21.6 Å². The van der Waals surface area contributed by atoms with E-state index in [1.165, 1.54) is 32.2 Å². The van der Waals surface area contributed by atoms with Crippen LogP contribution in [-0.4, -0.2) is 35.5 Å². The highest BCUT2D eigenvalue weighted by molar-refractivity contribution is 9.10. The molecule has 3 rings (SSSR count). The topological polar surface area (TPSA) is 58.4 Å². The predicted molar refractivity (Wildman–Crippen MR) is 89.8 cm³/mol. The molecule has 0 amide bonds. The first-order valence-electron chi connectivity index (χ1n) is 8.02. The van der Waals surface area contributed by atoms with Gasteiger partial charge in [0.1, 0.15) is 0 Å². The van der Waals surface area contributed by atoms with Gasteiger partial charge in [-0.25, -0.2) is 0 Å². The zero-order valence-electron chi connectivity index (χ0n) is 12.6. The summed E-state index contributed by atoms with van der Waals surface area (Å²) in [6.07, 6.45) is 5.10. The zero-order valence-corrected chi connectivity index (χ0v) is 14.2. The number of nitro benzene ring substituents is 1. The lowest BCUT2D eigenvalue weighted by atomic mass is 9.88. The number of nitro groups is 1. The first kappa shape index (κ1) is 15.9. The SMILES string of the molecule is O=[N+]([O-])c1cc(CN2CCC(C3CCCN3)CC2)ccc1Br. The molecule has 5 nitrogen and oxygen atoms in total. The fourth-order valence-corrected chi connectivity index (χ4v) is 4.07. The Morgan fingerprint density at radius 1 is 1.32 bits per heavy atom. The van der Waals surface area contributed by atoms with Crippen LogP contribution in [0.2, 0.25) is 0 Å². The van der Waals surface area contributed by atoms with Crippen molar-refractivity contribution in [1.82, 2.24) is 10.2 Å². The summed E-state index contributed by atoms with van der Waals surface area (Å²) in [5, 5.41) is 14.6. The molecule has 0 saturated carbocycles. The molecule has 1 aromatic carbocycles. The maximum Gasteiger partial charge on any atom is 0.283 e. The smallest absolute Gasteiger partial charge is 0.283 e. The maximum absolute atomic E-state index is 11.0. The Hall–Kier alpha value is -0.980. The first-order chi connectivity index (χ1) is 10.6. The molecule has 1 atom stereocenters. The predicted octanol–water partition coefficient (Wildman–Crippen LogP) is 3.32. The van der Waals surface area contributed by atoms with Gasteiger partial charge in [-0.1, -0.05) is 6.07 Å². The number of nitrogens with zero attached hydrogens (tertiary/aromatic N) is 2. The standard InChI is InChI=1S/C16H22BrN3O2/c17-14-4-3-12(10-16(14)20(21)22)11-19-8-5-13(6-9-19)15-2-1-7-18-15/h3-4,10,13,15,18H,1-2,5-9,11H2. The third kappa shape index (κ3) is 3.67. The second-order valence-electron chi connectivity index (χ2n) is 6.36. The number of piperidine rings is 1. The van der Waals surface area contributed by atoms with Crippen LogP contribution in [0.1, 0.15) is 31.2 Å². The van der Waals surface area contributed by atoms with Gasteiger partial charge in [0, 0.05) is 18.7 Å². The molecule has 2 fully saturated rings. The van der Waals surface area contributed by atoms with Gasteiger partial charge in [0.2, 0.25) is 0 Å². The van der Waals surface area contributed by atoms with Gasteiger partial charge in [-0.05, 0) is 78.8 Å². The fourth-order valence-electron chi connectivity index (χ4n) is 3.68. The number of hydrogen-bond acceptors (Lipinski definition) is 4. The Labute approximate surface area is 139 Å². The maximum atomic E-state index is 11.0. The summed E-state index contributed by atoms with van der Waals surface area (Å²) in [5.41, 5.74) is 1.18. The number of nitrogens with one attached hydrogen (secondary N) is 1.